The van der Waals surface area contributed by atoms with Crippen molar-refractivity contribution in [1.82, 2.24) is 15.0 Å². The number of aromatic amines is 1. The van der Waals surface area contributed by atoms with Crippen LogP contribution in [0, 0.1) is 0 Å². The van der Waals surface area contributed by atoms with E-state index in [1.807, 2.05) is 27.0 Å². The van der Waals surface area contributed by atoms with Crippen LogP contribution in [0.15, 0.2) is 9.13 Å². The summed E-state index contributed by atoms with van der Waals surface area (Å²) in [6.07, 6.45) is 1.94. The maximum absolute atomic E-state index is 11.8. The van der Waals surface area contributed by atoms with Crippen molar-refractivity contribution in [2.75, 3.05) is 6.26 Å². The summed E-state index contributed by atoms with van der Waals surface area (Å²) in [6, 6.07) is 0. The van der Waals surface area contributed by atoms with Crippen LogP contribution in [0.1, 0.15) is 26.6 Å². The molecule has 4 nitrogen and oxygen atoms in total. The van der Waals surface area contributed by atoms with Gasteiger partial charge in [-0.15, -0.1) is 0 Å². The normalized spacial score (nSPS) is 12.2. The van der Waals surface area contributed by atoms with Crippen LogP contribution in [0.4, 0.5) is 0 Å². The molecule has 2 rings (SSSR count). The largest absolute Gasteiger partial charge is 0.308 e. The lowest BCUT2D eigenvalue weighted by atomic mass is 9.96. The lowest BCUT2D eigenvalue weighted by Gasteiger charge is -2.16. The van der Waals surface area contributed by atoms with Crippen LogP contribution < -0.4 is 5.56 Å². The number of H-pyrrole nitrogens is 1. The molecule has 86 valence electrons. The van der Waals surface area contributed by atoms with Gasteiger partial charge in [-0.25, -0.2) is 9.97 Å². The standard InChI is InChI=1S/C10H13N3OS2/c1-10(2,3)8-12-6(14)5-7(13-8)16-9(11-5)15-4/h1-4H3,(H,12,13,14). The summed E-state index contributed by atoms with van der Waals surface area (Å²) in [4.78, 5) is 24.0. The molecule has 0 amide bonds. The number of hydrogen-bond acceptors (Lipinski definition) is 5. The first-order chi connectivity index (χ1) is 7.41. The summed E-state index contributed by atoms with van der Waals surface area (Å²) in [6.45, 7) is 6.06. The Bertz CT molecular complexity index is 580. The predicted octanol–water partition coefficient (Wildman–Crippen LogP) is 2.40. The molecule has 0 unspecified atom stereocenters. The third-order valence-corrected chi connectivity index (χ3v) is 4.07. The van der Waals surface area contributed by atoms with E-state index in [2.05, 4.69) is 15.0 Å². The van der Waals surface area contributed by atoms with Gasteiger partial charge < -0.3 is 4.98 Å². The zero-order valence-electron chi connectivity index (χ0n) is 9.62. The Morgan fingerprint density at radius 2 is 2.00 bits per heavy atom. The SMILES string of the molecule is CSc1nc2c(=O)[nH]c(C(C)(C)C)nc2s1. The van der Waals surface area contributed by atoms with Crippen LogP contribution in [0.2, 0.25) is 0 Å². The number of hydrogen-bond donors (Lipinski definition) is 1. The maximum Gasteiger partial charge on any atom is 0.278 e. The quantitative estimate of drug-likeness (QED) is 0.795. The number of thioether (sulfide) groups is 1. The number of nitrogens with zero attached hydrogens (tertiary/aromatic N) is 2. The Morgan fingerprint density at radius 1 is 1.31 bits per heavy atom. The highest BCUT2D eigenvalue weighted by atomic mass is 32.2. The molecule has 0 spiro atoms. The summed E-state index contributed by atoms with van der Waals surface area (Å²) in [5.74, 6) is 0.710. The fourth-order valence-electron chi connectivity index (χ4n) is 1.26. The second kappa shape index (κ2) is 3.85. The van der Waals surface area contributed by atoms with E-state index in [0.29, 0.717) is 11.3 Å². The van der Waals surface area contributed by atoms with E-state index < -0.39 is 0 Å². The van der Waals surface area contributed by atoms with Crippen molar-refractivity contribution in [3.63, 3.8) is 0 Å². The van der Waals surface area contributed by atoms with Gasteiger partial charge in [0.15, 0.2) is 14.7 Å². The molecule has 0 aliphatic rings. The van der Waals surface area contributed by atoms with Crippen LogP contribution in [-0.2, 0) is 5.41 Å². The van der Waals surface area contributed by atoms with Gasteiger partial charge in [-0.05, 0) is 6.26 Å². The molecule has 2 aromatic heterocycles. The second-order valence-electron chi connectivity index (χ2n) is 4.50. The average molecular weight is 255 g/mol. The fraction of sp³-hybridized carbons (Fsp3) is 0.500. The van der Waals surface area contributed by atoms with Gasteiger partial charge in [0.05, 0.1) is 0 Å². The first kappa shape index (κ1) is 11.6. The van der Waals surface area contributed by atoms with Crippen LogP contribution in [0.3, 0.4) is 0 Å². The minimum atomic E-state index is -0.156. The maximum atomic E-state index is 11.8. The van der Waals surface area contributed by atoms with Crippen molar-refractivity contribution >= 4 is 33.4 Å². The van der Waals surface area contributed by atoms with E-state index in [1.54, 1.807) is 0 Å². The smallest absolute Gasteiger partial charge is 0.278 e. The van der Waals surface area contributed by atoms with Crippen LogP contribution in [-0.4, -0.2) is 21.2 Å². The zero-order valence-corrected chi connectivity index (χ0v) is 11.3. The molecule has 2 heterocycles. The van der Waals surface area contributed by atoms with Gasteiger partial charge in [-0.3, -0.25) is 4.79 Å². The molecule has 0 radical (unpaired) electrons. The molecule has 0 aliphatic heterocycles. The van der Waals surface area contributed by atoms with Crippen molar-refractivity contribution in [3.8, 4) is 0 Å². The van der Waals surface area contributed by atoms with E-state index in [-0.39, 0.29) is 11.0 Å². The predicted molar refractivity (Wildman–Crippen MR) is 68.5 cm³/mol. The topological polar surface area (TPSA) is 58.6 Å². The van der Waals surface area contributed by atoms with Gasteiger partial charge in [0, 0.05) is 5.41 Å². The lowest BCUT2D eigenvalue weighted by molar-refractivity contribution is 0.546. The van der Waals surface area contributed by atoms with Crippen molar-refractivity contribution in [3.05, 3.63) is 16.2 Å². The average Bonchev–Trinajstić information content (AvgIpc) is 2.59. The van der Waals surface area contributed by atoms with Crippen LogP contribution in [0.25, 0.3) is 10.3 Å². The van der Waals surface area contributed by atoms with Gasteiger partial charge in [-0.1, -0.05) is 43.9 Å². The number of rotatable bonds is 1. The van der Waals surface area contributed by atoms with Gasteiger partial charge in [0.2, 0.25) is 0 Å². The monoisotopic (exact) mass is 255 g/mol. The third kappa shape index (κ3) is 1.99. The number of nitrogens with one attached hydrogen (secondary N) is 1. The van der Waals surface area contributed by atoms with Gasteiger partial charge in [-0.2, -0.15) is 0 Å². The summed E-state index contributed by atoms with van der Waals surface area (Å²) in [7, 11) is 0. The van der Waals surface area contributed by atoms with Crippen molar-refractivity contribution in [1.29, 1.82) is 0 Å². The first-order valence-corrected chi connectivity index (χ1v) is 6.91. The molecule has 6 heteroatoms. The summed E-state index contributed by atoms with van der Waals surface area (Å²) >= 11 is 2.99. The number of thiazole rings is 1. The third-order valence-electron chi connectivity index (χ3n) is 2.14. The molecular formula is C10H13N3OS2. The first-order valence-electron chi connectivity index (χ1n) is 4.87. The molecule has 0 bridgehead atoms. The molecule has 0 saturated carbocycles. The van der Waals surface area contributed by atoms with Gasteiger partial charge in [0.25, 0.3) is 5.56 Å². The molecule has 0 aliphatic carbocycles. The molecule has 16 heavy (non-hydrogen) atoms. The van der Waals surface area contributed by atoms with Crippen LogP contribution >= 0.6 is 23.1 Å². The number of aromatic nitrogens is 3. The Hall–Kier alpha value is -0.880. The minimum absolute atomic E-state index is 0.147. The minimum Gasteiger partial charge on any atom is -0.308 e. The molecule has 2 aromatic rings. The van der Waals surface area contributed by atoms with Crippen molar-refractivity contribution in [2.24, 2.45) is 0 Å². The zero-order chi connectivity index (χ0) is 11.9. The van der Waals surface area contributed by atoms with Crippen molar-refractivity contribution < 1.29 is 0 Å². The fourth-order valence-corrected chi connectivity index (χ4v) is 2.68. The highest BCUT2D eigenvalue weighted by molar-refractivity contribution is 8.00. The summed E-state index contributed by atoms with van der Waals surface area (Å²) in [5.41, 5.74) is 0.144. The molecule has 0 aromatic carbocycles. The van der Waals surface area contributed by atoms with Gasteiger partial charge >= 0.3 is 0 Å². The Morgan fingerprint density at radius 3 is 2.56 bits per heavy atom. The Labute approximate surface area is 102 Å². The van der Waals surface area contributed by atoms with E-state index >= 15 is 0 Å². The number of fused-ring (bicyclic) bond motifs is 1. The van der Waals surface area contributed by atoms with Crippen LogP contribution in [0.5, 0.6) is 0 Å². The lowest BCUT2D eigenvalue weighted by Crippen LogP contribution is -2.21. The van der Waals surface area contributed by atoms with E-state index in [9.17, 15) is 4.79 Å². The second-order valence-corrected chi connectivity index (χ2v) is 6.53. The van der Waals surface area contributed by atoms with E-state index in [0.717, 1.165) is 9.17 Å². The van der Waals surface area contributed by atoms with Gasteiger partial charge in [0.1, 0.15) is 5.82 Å². The van der Waals surface area contributed by atoms with E-state index in [1.165, 1.54) is 23.1 Å². The molecule has 0 atom stereocenters. The Balaban J connectivity index is 2.72. The summed E-state index contributed by atoms with van der Waals surface area (Å²) in [5, 5.41) is 0. The van der Waals surface area contributed by atoms with E-state index in [4.69, 9.17) is 0 Å². The highest BCUT2D eigenvalue weighted by Gasteiger charge is 2.19. The highest BCUT2D eigenvalue weighted by Crippen LogP contribution is 2.26. The molecule has 0 saturated heterocycles. The molecule has 0 fully saturated rings. The Kier molecular flexibility index (Phi) is 2.79. The summed E-state index contributed by atoms with van der Waals surface area (Å²) < 4.78 is 0.874. The molecule has 1 N–H and O–H groups in total. The molecular weight excluding hydrogens is 242 g/mol. The van der Waals surface area contributed by atoms with Crippen molar-refractivity contribution in [2.45, 2.75) is 30.5 Å².